The van der Waals surface area contributed by atoms with Crippen LogP contribution in [0.5, 0.6) is 0 Å². The van der Waals surface area contributed by atoms with Gasteiger partial charge in [0.1, 0.15) is 11.6 Å². The van der Waals surface area contributed by atoms with Gasteiger partial charge in [0.05, 0.1) is 12.7 Å². The Morgan fingerprint density at radius 3 is 2.60 bits per heavy atom. The number of benzene rings is 1. The minimum atomic E-state index is -0.771. The molecule has 0 aliphatic rings. The number of ether oxygens (including phenoxy) is 1. The summed E-state index contributed by atoms with van der Waals surface area (Å²) in [6, 6.07) is 2.54. The summed E-state index contributed by atoms with van der Waals surface area (Å²) in [5, 5.41) is 9.11. The molecule has 15 heavy (non-hydrogen) atoms. The molecule has 0 fully saturated rings. The van der Waals surface area contributed by atoms with Gasteiger partial charge in [-0.15, -0.1) is 0 Å². The van der Waals surface area contributed by atoms with Crippen LogP contribution >= 0.6 is 0 Å². The highest BCUT2D eigenvalue weighted by atomic mass is 19.1. The van der Waals surface area contributed by atoms with Gasteiger partial charge in [-0.3, -0.25) is 0 Å². The number of rotatable bonds is 4. The van der Waals surface area contributed by atoms with Gasteiger partial charge in [0.2, 0.25) is 0 Å². The number of aliphatic hydroxyl groups excluding tert-OH is 1. The summed E-state index contributed by atoms with van der Waals surface area (Å²) in [6.45, 7) is 1.58. The molecule has 1 N–H and O–H groups in total. The summed E-state index contributed by atoms with van der Waals surface area (Å²) in [7, 11) is 1.44. The molecule has 1 unspecified atom stereocenters. The van der Waals surface area contributed by atoms with Crippen LogP contribution in [0, 0.1) is 11.6 Å². The standard InChI is InChI=1S/C11H14F2O2/c1-7(14)5-9-10(12)4-3-8(6-15-2)11(9)13/h3-4,7,14H,5-6H2,1-2H3. The first kappa shape index (κ1) is 12.1. The molecule has 0 bridgehead atoms. The fourth-order valence-electron chi connectivity index (χ4n) is 1.40. The van der Waals surface area contributed by atoms with E-state index in [4.69, 9.17) is 9.84 Å². The summed E-state index contributed by atoms with van der Waals surface area (Å²) in [4.78, 5) is 0. The molecule has 1 rings (SSSR count). The van der Waals surface area contributed by atoms with E-state index in [1.807, 2.05) is 0 Å². The van der Waals surface area contributed by atoms with Crippen LogP contribution in [0.2, 0.25) is 0 Å². The monoisotopic (exact) mass is 216 g/mol. The summed E-state index contributed by atoms with van der Waals surface area (Å²) in [5.41, 5.74) is 0.217. The molecule has 1 aromatic carbocycles. The summed E-state index contributed by atoms with van der Waals surface area (Å²) >= 11 is 0. The van der Waals surface area contributed by atoms with Crippen molar-refractivity contribution < 1.29 is 18.6 Å². The van der Waals surface area contributed by atoms with Gasteiger partial charge in [0.15, 0.2) is 0 Å². The Balaban J connectivity index is 3.06. The Bertz CT molecular complexity index is 338. The molecule has 0 aliphatic heterocycles. The highest BCUT2D eigenvalue weighted by Gasteiger charge is 2.14. The van der Waals surface area contributed by atoms with Gasteiger partial charge in [0.25, 0.3) is 0 Å². The zero-order valence-electron chi connectivity index (χ0n) is 8.76. The van der Waals surface area contributed by atoms with Gasteiger partial charge in [-0.1, -0.05) is 6.07 Å². The van der Waals surface area contributed by atoms with Crippen LogP contribution in [-0.2, 0) is 17.8 Å². The predicted molar refractivity (Wildman–Crippen MR) is 52.5 cm³/mol. The minimum Gasteiger partial charge on any atom is -0.393 e. The zero-order chi connectivity index (χ0) is 11.4. The van der Waals surface area contributed by atoms with Crippen LogP contribution < -0.4 is 0 Å². The molecule has 1 atom stereocenters. The van der Waals surface area contributed by atoms with E-state index in [1.165, 1.54) is 26.2 Å². The van der Waals surface area contributed by atoms with Gasteiger partial charge < -0.3 is 9.84 Å². The Morgan fingerprint density at radius 1 is 1.40 bits per heavy atom. The SMILES string of the molecule is COCc1ccc(F)c(CC(C)O)c1F. The first-order chi connectivity index (χ1) is 7.06. The van der Waals surface area contributed by atoms with Crippen LogP contribution in [0.15, 0.2) is 12.1 Å². The van der Waals surface area contributed by atoms with Gasteiger partial charge in [0, 0.05) is 24.7 Å². The maximum Gasteiger partial charge on any atom is 0.134 e. The lowest BCUT2D eigenvalue weighted by molar-refractivity contribution is 0.179. The Kier molecular flexibility index (Phi) is 4.17. The second kappa shape index (κ2) is 5.19. The van der Waals surface area contributed by atoms with E-state index in [1.54, 1.807) is 0 Å². The fraction of sp³-hybridized carbons (Fsp3) is 0.455. The number of halogens is 2. The lowest BCUT2D eigenvalue weighted by atomic mass is 10.0. The van der Waals surface area contributed by atoms with Crippen molar-refractivity contribution in [3.63, 3.8) is 0 Å². The smallest absolute Gasteiger partial charge is 0.134 e. The first-order valence-corrected chi connectivity index (χ1v) is 4.69. The van der Waals surface area contributed by atoms with Crippen molar-refractivity contribution in [2.75, 3.05) is 7.11 Å². The number of hydrogen-bond donors (Lipinski definition) is 1. The number of aliphatic hydroxyl groups is 1. The average Bonchev–Trinajstić information content (AvgIpc) is 2.17. The average molecular weight is 216 g/mol. The van der Waals surface area contributed by atoms with Crippen LogP contribution in [0.1, 0.15) is 18.1 Å². The van der Waals surface area contributed by atoms with E-state index in [-0.39, 0.29) is 18.6 Å². The van der Waals surface area contributed by atoms with E-state index >= 15 is 0 Å². The Hall–Kier alpha value is -1.00. The van der Waals surface area contributed by atoms with Crippen molar-refractivity contribution in [2.24, 2.45) is 0 Å². The van der Waals surface area contributed by atoms with Gasteiger partial charge in [-0.05, 0) is 13.0 Å². The van der Waals surface area contributed by atoms with Crippen molar-refractivity contribution in [3.8, 4) is 0 Å². The second-order valence-corrected chi connectivity index (χ2v) is 3.49. The summed E-state index contributed by atoms with van der Waals surface area (Å²) < 4.78 is 31.7. The van der Waals surface area contributed by atoms with Crippen LogP contribution in [-0.4, -0.2) is 18.3 Å². The van der Waals surface area contributed by atoms with E-state index in [0.29, 0.717) is 5.56 Å². The van der Waals surface area contributed by atoms with E-state index in [0.717, 1.165) is 0 Å². The molecule has 4 heteroatoms. The van der Waals surface area contributed by atoms with Crippen molar-refractivity contribution in [1.82, 2.24) is 0 Å². The van der Waals surface area contributed by atoms with Crippen LogP contribution in [0.3, 0.4) is 0 Å². The number of methoxy groups -OCH3 is 1. The summed E-state index contributed by atoms with van der Waals surface area (Å²) in [5.74, 6) is -1.26. The minimum absolute atomic E-state index is 0.0325. The molecule has 0 spiro atoms. The lowest BCUT2D eigenvalue weighted by Gasteiger charge is -2.10. The molecule has 0 amide bonds. The normalized spacial score (nSPS) is 12.9. The third-order valence-electron chi connectivity index (χ3n) is 2.07. The molecular formula is C11H14F2O2. The van der Waals surface area contributed by atoms with Crippen LogP contribution in [0.4, 0.5) is 8.78 Å². The molecule has 0 radical (unpaired) electrons. The molecular weight excluding hydrogens is 202 g/mol. The maximum absolute atomic E-state index is 13.6. The Morgan fingerprint density at radius 2 is 2.07 bits per heavy atom. The molecule has 0 saturated heterocycles. The van der Waals surface area contributed by atoms with Crippen LogP contribution in [0.25, 0.3) is 0 Å². The van der Waals surface area contributed by atoms with E-state index < -0.39 is 17.7 Å². The highest BCUT2D eigenvalue weighted by molar-refractivity contribution is 5.27. The fourth-order valence-corrected chi connectivity index (χ4v) is 1.40. The molecule has 1 aromatic rings. The molecule has 84 valence electrons. The van der Waals surface area contributed by atoms with Gasteiger partial charge >= 0.3 is 0 Å². The summed E-state index contributed by atoms with van der Waals surface area (Å²) in [6.07, 6.45) is -0.804. The molecule has 0 aliphatic carbocycles. The first-order valence-electron chi connectivity index (χ1n) is 4.69. The molecule has 0 heterocycles. The predicted octanol–water partition coefficient (Wildman–Crippen LogP) is 2.03. The van der Waals surface area contributed by atoms with E-state index in [9.17, 15) is 8.78 Å². The van der Waals surface area contributed by atoms with Gasteiger partial charge in [-0.2, -0.15) is 0 Å². The largest absolute Gasteiger partial charge is 0.393 e. The van der Waals surface area contributed by atoms with Crippen molar-refractivity contribution in [3.05, 3.63) is 34.9 Å². The lowest BCUT2D eigenvalue weighted by Crippen LogP contribution is -2.10. The third kappa shape index (κ3) is 2.97. The molecule has 0 aromatic heterocycles. The quantitative estimate of drug-likeness (QED) is 0.834. The van der Waals surface area contributed by atoms with Gasteiger partial charge in [-0.25, -0.2) is 8.78 Å². The maximum atomic E-state index is 13.6. The molecule has 0 saturated carbocycles. The van der Waals surface area contributed by atoms with Crippen molar-refractivity contribution in [2.45, 2.75) is 26.1 Å². The zero-order valence-corrected chi connectivity index (χ0v) is 8.76. The second-order valence-electron chi connectivity index (χ2n) is 3.49. The van der Waals surface area contributed by atoms with E-state index in [2.05, 4.69) is 0 Å². The third-order valence-corrected chi connectivity index (χ3v) is 2.07. The van der Waals surface area contributed by atoms with Crippen molar-refractivity contribution in [1.29, 1.82) is 0 Å². The number of hydrogen-bond acceptors (Lipinski definition) is 2. The molecule has 2 nitrogen and oxygen atoms in total. The topological polar surface area (TPSA) is 29.5 Å². The Labute approximate surface area is 87.5 Å². The highest BCUT2D eigenvalue weighted by Crippen LogP contribution is 2.19. The van der Waals surface area contributed by atoms with Crippen molar-refractivity contribution >= 4 is 0 Å².